The summed E-state index contributed by atoms with van der Waals surface area (Å²) < 4.78 is 0. The van der Waals surface area contributed by atoms with Crippen LogP contribution in [-0.4, -0.2) is 27.1 Å². The van der Waals surface area contributed by atoms with Crippen LogP contribution < -0.4 is 10.6 Å². The Labute approximate surface area is 152 Å². The second-order valence-corrected chi connectivity index (χ2v) is 6.62. The molecule has 6 heteroatoms. The minimum absolute atomic E-state index is 0.150. The zero-order valence-corrected chi connectivity index (χ0v) is 14.5. The van der Waals surface area contributed by atoms with Crippen molar-refractivity contribution in [3.05, 3.63) is 54.4 Å². The molecular weight excluding hydrogens is 326 g/mol. The van der Waals surface area contributed by atoms with Crippen LogP contribution in [-0.2, 0) is 0 Å². The number of hydrogen-bond donors (Lipinski definition) is 2. The highest BCUT2D eigenvalue weighted by Crippen LogP contribution is 2.23. The number of rotatable bonds is 4. The van der Waals surface area contributed by atoms with Gasteiger partial charge in [-0.1, -0.05) is 37.5 Å². The maximum Gasteiger partial charge on any atom is 0.272 e. The van der Waals surface area contributed by atoms with Crippen LogP contribution in [0.3, 0.4) is 0 Å². The van der Waals surface area contributed by atoms with Crippen molar-refractivity contribution in [1.29, 1.82) is 0 Å². The number of carbonyl (C=O) groups is 1. The fourth-order valence-corrected chi connectivity index (χ4v) is 3.37. The standard InChI is InChI=1S/C20H21N5O/c26-20(22-15-8-2-1-3-9-15)17-11-12-18(25-24-17)23-16-10-4-6-14-7-5-13-21-19(14)16/h4-7,10-13,15H,1-3,8-9H2,(H,22,26)(H,23,25). The number of anilines is 2. The van der Waals surface area contributed by atoms with Gasteiger partial charge in [-0.3, -0.25) is 9.78 Å². The second-order valence-electron chi connectivity index (χ2n) is 6.62. The molecule has 1 amide bonds. The van der Waals surface area contributed by atoms with Crippen molar-refractivity contribution >= 4 is 28.3 Å². The lowest BCUT2D eigenvalue weighted by atomic mass is 9.95. The second kappa shape index (κ2) is 7.47. The molecule has 0 atom stereocenters. The normalized spacial score (nSPS) is 14.9. The third-order valence-electron chi connectivity index (χ3n) is 4.73. The van der Waals surface area contributed by atoms with E-state index in [1.165, 1.54) is 19.3 Å². The highest BCUT2D eigenvalue weighted by molar-refractivity contribution is 5.93. The number of carbonyl (C=O) groups excluding carboxylic acids is 1. The highest BCUT2D eigenvalue weighted by atomic mass is 16.2. The quantitative estimate of drug-likeness (QED) is 0.750. The number of para-hydroxylation sites is 1. The molecule has 0 bridgehead atoms. The van der Waals surface area contributed by atoms with Gasteiger partial charge in [0.15, 0.2) is 11.5 Å². The van der Waals surface area contributed by atoms with Gasteiger partial charge < -0.3 is 10.6 Å². The summed E-state index contributed by atoms with van der Waals surface area (Å²) in [4.78, 5) is 16.7. The fourth-order valence-electron chi connectivity index (χ4n) is 3.37. The molecule has 6 nitrogen and oxygen atoms in total. The largest absolute Gasteiger partial charge is 0.348 e. The maximum atomic E-state index is 12.3. The maximum absolute atomic E-state index is 12.3. The SMILES string of the molecule is O=C(NC1CCCCC1)c1ccc(Nc2cccc3cccnc23)nn1. The van der Waals surface area contributed by atoms with Crippen molar-refractivity contribution in [3.8, 4) is 0 Å². The first kappa shape index (κ1) is 16.4. The third kappa shape index (κ3) is 3.64. The minimum Gasteiger partial charge on any atom is -0.348 e. The average Bonchev–Trinajstić information content (AvgIpc) is 2.70. The third-order valence-corrected chi connectivity index (χ3v) is 4.73. The van der Waals surface area contributed by atoms with Crippen molar-refractivity contribution in [2.24, 2.45) is 0 Å². The molecule has 1 saturated carbocycles. The van der Waals surface area contributed by atoms with Gasteiger partial charge in [0, 0.05) is 17.6 Å². The van der Waals surface area contributed by atoms with Crippen LogP contribution in [0.1, 0.15) is 42.6 Å². The van der Waals surface area contributed by atoms with Gasteiger partial charge >= 0.3 is 0 Å². The number of nitrogens with zero attached hydrogens (tertiary/aromatic N) is 3. The van der Waals surface area contributed by atoms with E-state index in [2.05, 4.69) is 25.8 Å². The van der Waals surface area contributed by atoms with Crippen LogP contribution >= 0.6 is 0 Å². The molecule has 2 aromatic heterocycles. The predicted octanol–water partition coefficient (Wildman–Crippen LogP) is 3.83. The van der Waals surface area contributed by atoms with Gasteiger partial charge in [-0.2, -0.15) is 0 Å². The Hall–Kier alpha value is -3.02. The minimum atomic E-state index is -0.150. The molecule has 4 rings (SSSR count). The zero-order chi connectivity index (χ0) is 17.8. The first-order valence-electron chi connectivity index (χ1n) is 9.05. The molecule has 26 heavy (non-hydrogen) atoms. The van der Waals surface area contributed by atoms with Crippen LogP contribution in [0.4, 0.5) is 11.5 Å². The van der Waals surface area contributed by atoms with Crippen LogP contribution in [0.5, 0.6) is 0 Å². The Kier molecular flexibility index (Phi) is 4.73. The Morgan fingerprint density at radius 1 is 0.962 bits per heavy atom. The lowest BCUT2D eigenvalue weighted by Crippen LogP contribution is -2.36. The predicted molar refractivity (Wildman–Crippen MR) is 101 cm³/mol. The highest BCUT2D eigenvalue weighted by Gasteiger charge is 2.17. The number of pyridine rings is 1. The summed E-state index contributed by atoms with van der Waals surface area (Å²) in [6, 6.07) is 13.6. The van der Waals surface area contributed by atoms with Crippen LogP contribution in [0.2, 0.25) is 0 Å². The van der Waals surface area contributed by atoms with Gasteiger partial charge in [0.05, 0.1) is 11.2 Å². The van der Waals surface area contributed by atoms with Crippen LogP contribution in [0.25, 0.3) is 10.9 Å². The van der Waals surface area contributed by atoms with E-state index in [-0.39, 0.29) is 11.9 Å². The Morgan fingerprint density at radius 3 is 2.62 bits per heavy atom. The molecule has 0 radical (unpaired) electrons. The van der Waals surface area contributed by atoms with Crippen molar-refractivity contribution in [1.82, 2.24) is 20.5 Å². The first-order chi connectivity index (χ1) is 12.8. The van der Waals surface area contributed by atoms with E-state index in [1.54, 1.807) is 18.3 Å². The van der Waals surface area contributed by atoms with Gasteiger partial charge in [0.1, 0.15) is 0 Å². The van der Waals surface area contributed by atoms with Crippen molar-refractivity contribution in [2.75, 3.05) is 5.32 Å². The number of hydrogen-bond acceptors (Lipinski definition) is 5. The first-order valence-corrected chi connectivity index (χ1v) is 9.05. The molecule has 3 aromatic rings. The Morgan fingerprint density at radius 2 is 1.81 bits per heavy atom. The van der Waals surface area contributed by atoms with Gasteiger partial charge in [0.25, 0.3) is 5.91 Å². The number of benzene rings is 1. The molecule has 1 fully saturated rings. The van der Waals surface area contributed by atoms with Gasteiger partial charge in [-0.25, -0.2) is 0 Å². The van der Waals surface area contributed by atoms with Crippen LogP contribution in [0, 0.1) is 0 Å². The smallest absolute Gasteiger partial charge is 0.272 e. The fraction of sp³-hybridized carbons (Fsp3) is 0.300. The molecule has 1 aliphatic carbocycles. The summed E-state index contributed by atoms with van der Waals surface area (Å²) in [5.74, 6) is 0.431. The molecule has 0 aliphatic heterocycles. The molecular formula is C20H21N5O. The van der Waals surface area contributed by atoms with E-state index in [4.69, 9.17) is 0 Å². The topological polar surface area (TPSA) is 79.8 Å². The lowest BCUT2D eigenvalue weighted by Gasteiger charge is -2.22. The molecule has 132 valence electrons. The number of amides is 1. The van der Waals surface area contributed by atoms with Crippen molar-refractivity contribution in [3.63, 3.8) is 0 Å². The summed E-state index contributed by atoms with van der Waals surface area (Å²) >= 11 is 0. The molecule has 0 saturated heterocycles. The lowest BCUT2D eigenvalue weighted by molar-refractivity contribution is 0.0921. The van der Waals surface area contributed by atoms with Gasteiger partial charge in [-0.15, -0.1) is 10.2 Å². The Bertz CT molecular complexity index is 898. The monoisotopic (exact) mass is 347 g/mol. The summed E-state index contributed by atoms with van der Waals surface area (Å²) in [5.41, 5.74) is 2.07. The summed E-state index contributed by atoms with van der Waals surface area (Å²) in [5, 5.41) is 15.6. The average molecular weight is 347 g/mol. The molecule has 1 aliphatic rings. The molecule has 0 spiro atoms. The van der Waals surface area contributed by atoms with E-state index in [0.29, 0.717) is 11.5 Å². The number of nitrogens with one attached hydrogen (secondary N) is 2. The molecule has 1 aromatic carbocycles. The zero-order valence-electron chi connectivity index (χ0n) is 14.5. The summed E-state index contributed by atoms with van der Waals surface area (Å²) in [6.07, 6.45) is 7.48. The summed E-state index contributed by atoms with van der Waals surface area (Å²) in [6.45, 7) is 0. The molecule has 2 N–H and O–H groups in total. The van der Waals surface area contributed by atoms with Crippen LogP contribution in [0.15, 0.2) is 48.7 Å². The van der Waals surface area contributed by atoms with E-state index in [1.807, 2.05) is 30.3 Å². The summed E-state index contributed by atoms with van der Waals surface area (Å²) in [7, 11) is 0. The van der Waals surface area contributed by atoms with E-state index in [0.717, 1.165) is 29.4 Å². The van der Waals surface area contributed by atoms with E-state index in [9.17, 15) is 4.79 Å². The van der Waals surface area contributed by atoms with Gasteiger partial charge in [-0.05, 0) is 37.1 Å². The van der Waals surface area contributed by atoms with Crippen molar-refractivity contribution in [2.45, 2.75) is 38.1 Å². The Balaban J connectivity index is 1.46. The van der Waals surface area contributed by atoms with Gasteiger partial charge in [0.2, 0.25) is 0 Å². The van der Waals surface area contributed by atoms with Crippen molar-refractivity contribution < 1.29 is 4.79 Å². The van der Waals surface area contributed by atoms with E-state index < -0.39 is 0 Å². The number of aromatic nitrogens is 3. The molecule has 0 unspecified atom stereocenters. The number of fused-ring (bicyclic) bond motifs is 1. The van der Waals surface area contributed by atoms with E-state index >= 15 is 0 Å². The molecule has 2 heterocycles.